The minimum atomic E-state index is 0.675. The topological polar surface area (TPSA) is 15.3 Å². The van der Waals surface area contributed by atoms with E-state index >= 15 is 0 Å². The molecule has 16 heavy (non-hydrogen) atoms. The molecule has 0 aromatic heterocycles. The quantitative estimate of drug-likeness (QED) is 0.650. The molecule has 0 spiro atoms. The van der Waals surface area contributed by atoms with Gasteiger partial charge < -0.3 is 5.32 Å². The molecular formula is C14H30N2. The lowest BCUT2D eigenvalue weighted by atomic mass is 9.99. The molecule has 1 rings (SSSR count). The van der Waals surface area contributed by atoms with E-state index in [9.17, 15) is 0 Å². The highest BCUT2D eigenvalue weighted by atomic mass is 15.2. The van der Waals surface area contributed by atoms with Gasteiger partial charge in [-0.2, -0.15) is 0 Å². The maximum atomic E-state index is 3.52. The molecule has 1 saturated carbocycles. The van der Waals surface area contributed by atoms with Gasteiger partial charge in [-0.1, -0.05) is 27.2 Å². The number of rotatable bonds is 9. The maximum Gasteiger partial charge on any atom is 0.0246 e. The number of nitrogens with zero attached hydrogens (tertiary/aromatic N) is 1. The Hall–Kier alpha value is -0.0800. The van der Waals surface area contributed by atoms with Crippen molar-refractivity contribution in [2.45, 2.75) is 65.0 Å². The highest BCUT2D eigenvalue weighted by Crippen LogP contribution is 2.31. The van der Waals surface area contributed by atoms with Crippen LogP contribution in [0.25, 0.3) is 0 Å². The minimum Gasteiger partial charge on any atom is -0.315 e. The van der Waals surface area contributed by atoms with E-state index in [2.05, 4.69) is 38.0 Å². The molecule has 1 fully saturated rings. The molecule has 0 aromatic rings. The Bertz CT molecular complexity index is 178. The highest BCUT2D eigenvalue weighted by molar-refractivity contribution is 4.86. The van der Waals surface area contributed by atoms with Crippen LogP contribution in [0.2, 0.25) is 0 Å². The Balaban J connectivity index is 2.51. The second-order valence-corrected chi connectivity index (χ2v) is 5.19. The molecule has 2 atom stereocenters. The van der Waals surface area contributed by atoms with E-state index < -0.39 is 0 Å². The smallest absolute Gasteiger partial charge is 0.0246 e. The first-order chi connectivity index (χ1) is 7.76. The van der Waals surface area contributed by atoms with E-state index in [1.54, 1.807) is 0 Å². The zero-order valence-corrected chi connectivity index (χ0v) is 11.6. The van der Waals surface area contributed by atoms with E-state index in [0.717, 1.165) is 12.0 Å². The van der Waals surface area contributed by atoms with Crippen LogP contribution < -0.4 is 5.32 Å². The first-order valence-corrected chi connectivity index (χ1v) is 7.18. The van der Waals surface area contributed by atoms with Gasteiger partial charge in [0.15, 0.2) is 0 Å². The zero-order chi connectivity index (χ0) is 12.0. The summed E-state index contributed by atoms with van der Waals surface area (Å²) in [6, 6.07) is 1.41. The van der Waals surface area contributed by atoms with Gasteiger partial charge in [0.25, 0.3) is 0 Å². The molecule has 0 aliphatic heterocycles. The molecule has 1 aliphatic carbocycles. The Morgan fingerprint density at radius 1 is 1.25 bits per heavy atom. The summed E-state index contributed by atoms with van der Waals surface area (Å²) in [6.07, 6.45) is 6.78. The third-order valence-corrected chi connectivity index (χ3v) is 3.92. The van der Waals surface area contributed by atoms with E-state index in [4.69, 9.17) is 0 Å². The van der Waals surface area contributed by atoms with Gasteiger partial charge in [0.1, 0.15) is 0 Å². The van der Waals surface area contributed by atoms with Gasteiger partial charge in [0.2, 0.25) is 0 Å². The van der Waals surface area contributed by atoms with Crippen molar-refractivity contribution in [2.75, 3.05) is 20.1 Å². The third-order valence-electron chi connectivity index (χ3n) is 3.92. The molecule has 0 aromatic carbocycles. The van der Waals surface area contributed by atoms with Gasteiger partial charge in [0.05, 0.1) is 0 Å². The van der Waals surface area contributed by atoms with Gasteiger partial charge >= 0.3 is 0 Å². The molecule has 0 bridgehead atoms. The second-order valence-electron chi connectivity index (χ2n) is 5.19. The molecule has 2 heteroatoms. The number of nitrogens with one attached hydrogen (secondary N) is 1. The van der Waals surface area contributed by atoms with Crippen LogP contribution in [0.15, 0.2) is 0 Å². The van der Waals surface area contributed by atoms with Crippen LogP contribution >= 0.6 is 0 Å². The van der Waals surface area contributed by atoms with Crippen LogP contribution in [-0.2, 0) is 0 Å². The van der Waals surface area contributed by atoms with E-state index in [1.807, 2.05) is 0 Å². The minimum absolute atomic E-state index is 0.675. The Morgan fingerprint density at radius 2 is 1.94 bits per heavy atom. The summed E-state index contributed by atoms with van der Waals surface area (Å²) in [7, 11) is 2.12. The van der Waals surface area contributed by atoms with Crippen LogP contribution in [0, 0.1) is 5.92 Å². The summed E-state index contributed by atoms with van der Waals surface area (Å²) in [5, 5.41) is 3.52. The predicted octanol–water partition coefficient (Wildman–Crippen LogP) is 2.89. The van der Waals surface area contributed by atoms with Crippen LogP contribution in [0.3, 0.4) is 0 Å². The fourth-order valence-corrected chi connectivity index (χ4v) is 2.77. The fraction of sp³-hybridized carbons (Fsp3) is 1.00. The zero-order valence-electron chi connectivity index (χ0n) is 11.6. The van der Waals surface area contributed by atoms with Crippen molar-refractivity contribution in [1.82, 2.24) is 10.2 Å². The lowest BCUT2D eigenvalue weighted by molar-refractivity contribution is 0.150. The Labute approximate surface area is 102 Å². The SMILES string of the molecule is CCCC(NC)C(CC)N(CC)CC1CC1. The second kappa shape index (κ2) is 7.29. The van der Waals surface area contributed by atoms with Crippen molar-refractivity contribution in [2.24, 2.45) is 5.92 Å². The molecule has 96 valence electrons. The van der Waals surface area contributed by atoms with Gasteiger partial charge in [-0.15, -0.1) is 0 Å². The maximum absolute atomic E-state index is 3.52. The summed E-state index contributed by atoms with van der Waals surface area (Å²) in [4.78, 5) is 2.70. The third kappa shape index (κ3) is 4.06. The van der Waals surface area contributed by atoms with Crippen molar-refractivity contribution >= 4 is 0 Å². The summed E-state index contributed by atoms with van der Waals surface area (Å²) in [5.74, 6) is 1.01. The molecule has 2 nitrogen and oxygen atoms in total. The molecule has 1 N–H and O–H groups in total. The van der Waals surface area contributed by atoms with Gasteiger partial charge in [-0.25, -0.2) is 0 Å². The first-order valence-electron chi connectivity index (χ1n) is 7.18. The lowest BCUT2D eigenvalue weighted by Gasteiger charge is -2.36. The summed E-state index contributed by atoms with van der Waals surface area (Å²) >= 11 is 0. The normalized spacial score (nSPS) is 20.1. The molecule has 0 saturated heterocycles. The first kappa shape index (κ1) is 14.0. The summed E-state index contributed by atoms with van der Waals surface area (Å²) < 4.78 is 0. The average Bonchev–Trinajstić information content (AvgIpc) is 3.11. The van der Waals surface area contributed by atoms with Crippen molar-refractivity contribution in [3.8, 4) is 0 Å². The van der Waals surface area contributed by atoms with E-state index in [1.165, 1.54) is 45.2 Å². The lowest BCUT2D eigenvalue weighted by Crippen LogP contribution is -2.49. The van der Waals surface area contributed by atoms with Crippen LogP contribution in [0.1, 0.15) is 52.9 Å². The van der Waals surface area contributed by atoms with Gasteiger partial charge in [0, 0.05) is 18.6 Å². The monoisotopic (exact) mass is 226 g/mol. The molecular weight excluding hydrogens is 196 g/mol. The van der Waals surface area contributed by atoms with Crippen molar-refractivity contribution in [3.63, 3.8) is 0 Å². The number of hydrogen-bond acceptors (Lipinski definition) is 2. The molecule has 0 amide bonds. The van der Waals surface area contributed by atoms with Crippen molar-refractivity contribution in [1.29, 1.82) is 0 Å². The van der Waals surface area contributed by atoms with Crippen LogP contribution in [0.5, 0.6) is 0 Å². The standard InChI is InChI=1S/C14H30N2/c1-5-8-13(15-4)14(6-2)16(7-3)11-12-9-10-12/h12-15H,5-11H2,1-4H3. The van der Waals surface area contributed by atoms with Crippen LogP contribution in [-0.4, -0.2) is 37.1 Å². The number of hydrogen-bond donors (Lipinski definition) is 1. The summed E-state index contributed by atoms with van der Waals surface area (Å²) in [5.41, 5.74) is 0. The largest absolute Gasteiger partial charge is 0.315 e. The van der Waals surface area contributed by atoms with E-state index in [0.29, 0.717) is 6.04 Å². The Morgan fingerprint density at radius 3 is 2.31 bits per heavy atom. The molecule has 2 unspecified atom stereocenters. The van der Waals surface area contributed by atoms with Gasteiger partial charge in [-0.05, 0) is 45.2 Å². The van der Waals surface area contributed by atoms with Gasteiger partial charge in [-0.3, -0.25) is 4.90 Å². The molecule has 0 heterocycles. The molecule has 1 aliphatic rings. The van der Waals surface area contributed by atoms with E-state index in [-0.39, 0.29) is 0 Å². The highest BCUT2D eigenvalue weighted by Gasteiger charge is 2.29. The Kier molecular flexibility index (Phi) is 6.37. The predicted molar refractivity (Wildman–Crippen MR) is 71.8 cm³/mol. The summed E-state index contributed by atoms with van der Waals surface area (Å²) in [6.45, 7) is 9.46. The number of likely N-dealkylation sites (N-methyl/N-ethyl adjacent to an activating group) is 2. The van der Waals surface area contributed by atoms with Crippen LogP contribution in [0.4, 0.5) is 0 Å². The van der Waals surface area contributed by atoms with Crippen molar-refractivity contribution in [3.05, 3.63) is 0 Å². The average molecular weight is 226 g/mol. The van der Waals surface area contributed by atoms with Crippen molar-refractivity contribution < 1.29 is 0 Å². The fourth-order valence-electron chi connectivity index (χ4n) is 2.77. The molecule has 0 radical (unpaired) electrons.